The summed E-state index contributed by atoms with van der Waals surface area (Å²) in [6.07, 6.45) is 6.43. The molecule has 0 radical (unpaired) electrons. The predicted molar refractivity (Wildman–Crippen MR) is 147 cm³/mol. The maximum absolute atomic E-state index is 14.5. The highest BCUT2D eigenvalue weighted by Gasteiger charge is 2.26. The molecule has 1 atom stereocenters. The Morgan fingerprint density at radius 2 is 1.97 bits per heavy atom. The lowest BCUT2D eigenvalue weighted by molar-refractivity contribution is -0.433. The van der Waals surface area contributed by atoms with E-state index in [2.05, 4.69) is 41.9 Å². The summed E-state index contributed by atoms with van der Waals surface area (Å²) in [6.45, 7) is 5.54. The number of nitrogens with zero attached hydrogens (tertiary/aromatic N) is 6. The van der Waals surface area contributed by atoms with E-state index in [0.717, 1.165) is 54.0 Å². The zero-order valence-corrected chi connectivity index (χ0v) is 24.1. The maximum Gasteiger partial charge on any atom is 0.363 e. The van der Waals surface area contributed by atoms with Crippen LogP contribution in [0.3, 0.4) is 0 Å². The Morgan fingerprint density at radius 1 is 1.19 bits per heavy atom. The maximum atomic E-state index is 14.5. The number of pyridine rings is 1. The minimum absolute atomic E-state index is 0.0846. The Morgan fingerprint density at radius 3 is 2.70 bits per heavy atom. The van der Waals surface area contributed by atoms with Gasteiger partial charge in [0.15, 0.2) is 6.20 Å². The SMILES string of the molecule is Cc1nn(CC2CC2)c(Br)c1Cn1nccc1-c1ccc(F)cc1[C@@H](C)Cc1cc(Br)cnc1[N+](C)=O. The summed E-state index contributed by atoms with van der Waals surface area (Å²) in [6, 6.07) is 8.73. The highest BCUT2D eigenvalue weighted by molar-refractivity contribution is 9.10. The number of nitroso groups, excluding NO2 is 1. The van der Waals surface area contributed by atoms with Crippen molar-refractivity contribution in [1.29, 1.82) is 0 Å². The molecule has 0 unspecified atom stereocenters. The Balaban J connectivity index is 1.48. The lowest BCUT2D eigenvalue weighted by atomic mass is 9.89. The van der Waals surface area contributed by atoms with Gasteiger partial charge in [0.1, 0.15) is 17.5 Å². The zero-order chi connectivity index (χ0) is 26.3. The second-order valence-corrected chi connectivity index (χ2v) is 11.5. The molecule has 3 heterocycles. The molecule has 1 aliphatic rings. The van der Waals surface area contributed by atoms with Crippen molar-refractivity contribution in [3.05, 3.63) is 84.9 Å². The summed E-state index contributed by atoms with van der Waals surface area (Å²) in [5.74, 6) is 0.694. The monoisotopic (exact) mass is 629 g/mol. The third kappa shape index (κ3) is 5.60. The third-order valence-corrected chi connectivity index (χ3v) is 8.21. The second kappa shape index (κ2) is 10.6. The number of hydrogen-bond donors (Lipinski definition) is 0. The molecular weight excluding hydrogens is 603 g/mol. The zero-order valence-electron chi connectivity index (χ0n) is 21.0. The summed E-state index contributed by atoms with van der Waals surface area (Å²) in [5, 5.41) is 9.36. The van der Waals surface area contributed by atoms with E-state index in [0.29, 0.717) is 24.7 Å². The van der Waals surface area contributed by atoms with Gasteiger partial charge in [-0.3, -0.25) is 9.36 Å². The minimum atomic E-state index is -0.301. The highest BCUT2D eigenvalue weighted by Crippen LogP contribution is 2.36. The average molecular weight is 631 g/mol. The molecule has 0 saturated heterocycles. The van der Waals surface area contributed by atoms with E-state index >= 15 is 0 Å². The van der Waals surface area contributed by atoms with Gasteiger partial charge in [0.2, 0.25) is 0 Å². The van der Waals surface area contributed by atoms with Crippen LogP contribution in [-0.4, -0.2) is 36.4 Å². The topological polar surface area (TPSA) is 68.6 Å². The van der Waals surface area contributed by atoms with Crippen LogP contribution in [0, 0.1) is 23.6 Å². The summed E-state index contributed by atoms with van der Waals surface area (Å²) in [5.41, 5.74) is 5.51. The van der Waals surface area contributed by atoms with E-state index in [-0.39, 0.29) is 11.7 Å². The smallest absolute Gasteiger partial charge is 0.260 e. The van der Waals surface area contributed by atoms with E-state index in [9.17, 15) is 9.30 Å². The molecule has 0 amide bonds. The van der Waals surface area contributed by atoms with E-state index in [1.807, 2.05) is 41.4 Å². The van der Waals surface area contributed by atoms with Gasteiger partial charge in [0.25, 0.3) is 0 Å². The first kappa shape index (κ1) is 25.9. The fourth-order valence-corrected chi connectivity index (χ4v) is 5.81. The van der Waals surface area contributed by atoms with Crippen LogP contribution in [0.1, 0.15) is 48.1 Å². The number of hydrogen-bond acceptors (Lipinski definition) is 4. The summed E-state index contributed by atoms with van der Waals surface area (Å²) >= 11 is 7.22. The third-order valence-electron chi connectivity index (χ3n) is 6.89. The van der Waals surface area contributed by atoms with Crippen LogP contribution in [0.25, 0.3) is 11.3 Å². The molecule has 1 fully saturated rings. The van der Waals surface area contributed by atoms with Crippen LogP contribution in [0.4, 0.5) is 10.2 Å². The van der Waals surface area contributed by atoms with Crippen LogP contribution >= 0.6 is 31.9 Å². The molecular formula is C27H28Br2FN6O+. The molecule has 1 saturated carbocycles. The van der Waals surface area contributed by atoms with Gasteiger partial charge in [0.05, 0.1) is 28.0 Å². The number of halogens is 3. The van der Waals surface area contributed by atoms with Crippen molar-refractivity contribution in [2.45, 2.75) is 52.1 Å². The van der Waals surface area contributed by atoms with Crippen LogP contribution in [-0.2, 0) is 19.5 Å². The number of aryl methyl sites for hydroxylation is 1. The number of rotatable bonds is 9. The normalized spacial score (nSPS) is 14.2. The summed E-state index contributed by atoms with van der Waals surface area (Å²) in [4.78, 5) is 16.4. The van der Waals surface area contributed by atoms with Crippen LogP contribution in [0.15, 0.2) is 51.8 Å². The Hall–Kier alpha value is -2.72. The number of aromatic nitrogens is 5. The van der Waals surface area contributed by atoms with E-state index in [4.69, 9.17) is 5.10 Å². The van der Waals surface area contributed by atoms with Crippen molar-refractivity contribution < 1.29 is 9.15 Å². The van der Waals surface area contributed by atoms with Crippen LogP contribution in [0.2, 0.25) is 0 Å². The standard InChI is InChI=1S/C27H28Br2FN6O/c1-16(10-19-11-20(28)13-31-27(19)34(3)37)23-12-21(30)6-7-22(23)25-8-9-32-35(25)15-24-17(2)33-36(26(24)29)14-18-4-5-18/h6-9,11-13,16,18H,4-5,10,14-15H2,1-3H3/q+1/t16-/m0/s1. The van der Waals surface area contributed by atoms with Crippen molar-refractivity contribution in [3.63, 3.8) is 0 Å². The molecule has 0 bridgehead atoms. The molecule has 1 aliphatic carbocycles. The number of benzene rings is 1. The van der Waals surface area contributed by atoms with E-state index < -0.39 is 0 Å². The van der Waals surface area contributed by atoms with Crippen molar-refractivity contribution >= 4 is 37.7 Å². The first-order valence-corrected chi connectivity index (χ1v) is 13.9. The first-order valence-electron chi connectivity index (χ1n) is 12.3. The van der Waals surface area contributed by atoms with E-state index in [1.54, 1.807) is 18.5 Å². The molecule has 37 heavy (non-hydrogen) atoms. The molecule has 5 rings (SSSR count). The Labute approximate surface area is 231 Å². The largest absolute Gasteiger partial charge is 0.363 e. The molecule has 0 N–H and O–H groups in total. The summed E-state index contributed by atoms with van der Waals surface area (Å²) in [7, 11) is 1.43. The lowest BCUT2D eigenvalue weighted by Crippen LogP contribution is -2.09. The van der Waals surface area contributed by atoms with Crippen LogP contribution in [0.5, 0.6) is 0 Å². The molecule has 3 aromatic heterocycles. The fraction of sp³-hybridized carbons (Fsp3) is 0.370. The highest BCUT2D eigenvalue weighted by atomic mass is 79.9. The summed E-state index contributed by atoms with van der Waals surface area (Å²) < 4.78 is 21.0. The predicted octanol–water partition coefficient (Wildman–Crippen LogP) is 6.96. The van der Waals surface area contributed by atoms with Gasteiger partial charge >= 0.3 is 5.82 Å². The Kier molecular flexibility index (Phi) is 7.40. The first-order chi connectivity index (χ1) is 17.7. The van der Waals surface area contributed by atoms with Crippen molar-refractivity contribution in [3.8, 4) is 11.3 Å². The fourth-order valence-electron chi connectivity index (χ4n) is 4.80. The lowest BCUT2D eigenvalue weighted by Gasteiger charge is -2.18. The van der Waals surface area contributed by atoms with Gasteiger partial charge in [-0.1, -0.05) is 11.8 Å². The van der Waals surface area contributed by atoms with E-state index in [1.165, 1.54) is 26.0 Å². The van der Waals surface area contributed by atoms with Gasteiger partial charge in [0, 0.05) is 23.9 Å². The second-order valence-electron chi connectivity index (χ2n) is 9.82. The molecule has 1 aromatic carbocycles. The molecule has 192 valence electrons. The van der Waals surface area contributed by atoms with Gasteiger partial charge < -0.3 is 0 Å². The van der Waals surface area contributed by atoms with Crippen LogP contribution < -0.4 is 0 Å². The van der Waals surface area contributed by atoms with Gasteiger partial charge in [-0.25, -0.2) is 4.39 Å². The molecule has 7 nitrogen and oxygen atoms in total. The Bertz CT molecular complexity index is 1480. The quantitative estimate of drug-likeness (QED) is 0.188. The van der Waals surface area contributed by atoms with Gasteiger partial charge in [-0.2, -0.15) is 10.2 Å². The minimum Gasteiger partial charge on any atom is -0.260 e. The van der Waals surface area contributed by atoms with Gasteiger partial charge in [-0.05, 0) is 116 Å². The van der Waals surface area contributed by atoms with Gasteiger partial charge in [-0.15, -0.1) is 0 Å². The molecule has 0 aliphatic heterocycles. The molecule has 4 aromatic rings. The van der Waals surface area contributed by atoms with Crippen molar-refractivity contribution in [1.82, 2.24) is 24.5 Å². The van der Waals surface area contributed by atoms with Crippen molar-refractivity contribution in [2.24, 2.45) is 5.92 Å². The van der Waals surface area contributed by atoms with Crippen molar-refractivity contribution in [2.75, 3.05) is 7.05 Å². The molecule has 10 heteroatoms. The molecule has 0 spiro atoms. The average Bonchev–Trinajstić information content (AvgIpc) is 3.48.